The van der Waals surface area contributed by atoms with Crippen LogP contribution in [0.1, 0.15) is 20.8 Å². The lowest BCUT2D eigenvalue weighted by atomic mass is 10.1. The Hall–Kier alpha value is -3.10. The van der Waals surface area contributed by atoms with Gasteiger partial charge in [0.1, 0.15) is 5.60 Å². The highest BCUT2D eigenvalue weighted by Gasteiger charge is 2.39. The topological polar surface area (TPSA) is 84.9 Å². The van der Waals surface area contributed by atoms with Gasteiger partial charge in [-0.25, -0.2) is 19.6 Å². The standard InChI is InChI=1S/C25H26Cl2N4O4/c1-25(2,3)35-24(33)31-12-11-30(14-20(31)22(32)34-4)23-28-19-13-17(27)9-10-18(19)21(29-23)15-5-7-16(26)8-6-15/h5-10,13,20H,11-12,14H2,1-4H3/t20-/m0/s1. The maximum atomic E-state index is 12.8. The van der Waals surface area contributed by atoms with Crippen molar-refractivity contribution in [1.82, 2.24) is 14.9 Å². The van der Waals surface area contributed by atoms with Gasteiger partial charge >= 0.3 is 12.1 Å². The third-order valence-corrected chi connectivity index (χ3v) is 6.02. The number of amides is 1. The third-order valence-electron chi connectivity index (χ3n) is 5.53. The van der Waals surface area contributed by atoms with Gasteiger partial charge in [-0.2, -0.15) is 0 Å². The van der Waals surface area contributed by atoms with Gasteiger partial charge in [0.05, 0.1) is 24.9 Å². The Morgan fingerprint density at radius 2 is 1.69 bits per heavy atom. The Bertz CT molecular complexity index is 1260. The van der Waals surface area contributed by atoms with Crippen LogP contribution in [0.4, 0.5) is 10.7 Å². The molecule has 0 saturated carbocycles. The van der Waals surface area contributed by atoms with Crippen LogP contribution in [0, 0.1) is 0 Å². The molecule has 3 aromatic rings. The SMILES string of the molecule is COC(=O)[C@@H]1CN(c2nc(-c3ccc(Cl)cc3)c3ccc(Cl)cc3n2)CCN1C(=O)OC(C)(C)C. The third kappa shape index (κ3) is 5.60. The molecule has 1 atom stereocenters. The second kappa shape index (κ2) is 9.87. The normalized spacial score (nSPS) is 16.3. The van der Waals surface area contributed by atoms with Crippen LogP contribution in [0.25, 0.3) is 22.2 Å². The lowest BCUT2D eigenvalue weighted by Gasteiger charge is -2.40. The molecule has 2 heterocycles. The van der Waals surface area contributed by atoms with E-state index >= 15 is 0 Å². The van der Waals surface area contributed by atoms with Crippen molar-refractivity contribution in [2.75, 3.05) is 31.6 Å². The first-order chi connectivity index (χ1) is 16.6. The number of esters is 1. The van der Waals surface area contributed by atoms with Gasteiger partial charge in [0.25, 0.3) is 0 Å². The van der Waals surface area contributed by atoms with E-state index in [1.165, 1.54) is 12.0 Å². The summed E-state index contributed by atoms with van der Waals surface area (Å²) in [6.07, 6.45) is -0.569. The Balaban J connectivity index is 1.72. The summed E-state index contributed by atoms with van der Waals surface area (Å²) in [7, 11) is 1.29. The van der Waals surface area contributed by atoms with E-state index < -0.39 is 23.7 Å². The van der Waals surface area contributed by atoms with Crippen molar-refractivity contribution in [1.29, 1.82) is 0 Å². The largest absolute Gasteiger partial charge is 0.467 e. The molecule has 1 saturated heterocycles. The zero-order chi connectivity index (χ0) is 25.3. The van der Waals surface area contributed by atoms with E-state index in [2.05, 4.69) is 0 Å². The number of carbonyl (C=O) groups is 2. The molecular formula is C25H26Cl2N4O4. The smallest absolute Gasteiger partial charge is 0.411 e. The number of anilines is 1. The molecule has 184 valence electrons. The summed E-state index contributed by atoms with van der Waals surface area (Å²) in [5.74, 6) is -0.121. The Morgan fingerprint density at radius 3 is 2.34 bits per heavy atom. The molecule has 0 bridgehead atoms. The second-order valence-corrected chi connectivity index (χ2v) is 10.1. The number of piperazine rings is 1. The molecule has 1 aliphatic rings. The van der Waals surface area contributed by atoms with Crippen molar-refractivity contribution in [3.8, 4) is 11.3 Å². The zero-order valence-electron chi connectivity index (χ0n) is 19.9. The van der Waals surface area contributed by atoms with Crippen molar-refractivity contribution >= 4 is 52.1 Å². The quantitative estimate of drug-likeness (QED) is 0.442. The summed E-state index contributed by atoms with van der Waals surface area (Å²) in [6, 6.07) is 11.9. The van der Waals surface area contributed by atoms with Crippen LogP contribution in [-0.2, 0) is 14.3 Å². The van der Waals surface area contributed by atoms with Crippen LogP contribution < -0.4 is 4.90 Å². The minimum absolute atomic E-state index is 0.151. The number of hydrogen-bond acceptors (Lipinski definition) is 7. The van der Waals surface area contributed by atoms with Crippen LogP contribution in [-0.4, -0.2) is 65.3 Å². The maximum absolute atomic E-state index is 12.8. The molecule has 35 heavy (non-hydrogen) atoms. The Labute approximate surface area is 213 Å². The van der Waals surface area contributed by atoms with Crippen LogP contribution >= 0.6 is 23.2 Å². The number of aromatic nitrogens is 2. The van der Waals surface area contributed by atoms with Gasteiger partial charge in [-0.15, -0.1) is 0 Å². The second-order valence-electron chi connectivity index (χ2n) is 9.20. The summed E-state index contributed by atoms with van der Waals surface area (Å²) in [5.41, 5.74) is 1.55. The number of fused-ring (bicyclic) bond motifs is 1. The molecule has 1 aromatic heterocycles. The molecule has 2 aromatic carbocycles. The van der Waals surface area contributed by atoms with E-state index in [1.54, 1.807) is 45.0 Å². The monoisotopic (exact) mass is 516 g/mol. The van der Waals surface area contributed by atoms with E-state index in [4.69, 9.17) is 42.6 Å². The summed E-state index contributed by atoms with van der Waals surface area (Å²) in [5, 5.41) is 2.00. The molecule has 0 aliphatic carbocycles. The molecule has 1 fully saturated rings. The van der Waals surface area contributed by atoms with Gasteiger partial charge in [-0.05, 0) is 51.1 Å². The zero-order valence-corrected chi connectivity index (χ0v) is 21.4. The lowest BCUT2D eigenvalue weighted by Crippen LogP contribution is -2.59. The van der Waals surface area contributed by atoms with E-state index in [9.17, 15) is 9.59 Å². The average molecular weight is 517 g/mol. The Morgan fingerprint density at radius 1 is 1.00 bits per heavy atom. The maximum Gasteiger partial charge on any atom is 0.411 e. The Kier molecular flexibility index (Phi) is 7.05. The number of rotatable bonds is 3. The minimum atomic E-state index is -0.874. The van der Waals surface area contributed by atoms with Crippen molar-refractivity contribution in [3.05, 3.63) is 52.5 Å². The molecule has 0 radical (unpaired) electrons. The molecule has 1 aliphatic heterocycles. The highest BCUT2D eigenvalue weighted by atomic mass is 35.5. The number of hydrogen-bond donors (Lipinski definition) is 0. The molecule has 0 spiro atoms. The highest BCUT2D eigenvalue weighted by Crippen LogP contribution is 2.31. The van der Waals surface area contributed by atoms with Gasteiger partial charge in [-0.1, -0.05) is 35.3 Å². The fourth-order valence-electron chi connectivity index (χ4n) is 3.90. The van der Waals surface area contributed by atoms with E-state index in [0.29, 0.717) is 33.7 Å². The van der Waals surface area contributed by atoms with E-state index in [0.717, 1.165) is 10.9 Å². The van der Waals surface area contributed by atoms with Gasteiger partial charge < -0.3 is 14.4 Å². The average Bonchev–Trinajstić information content (AvgIpc) is 2.81. The van der Waals surface area contributed by atoms with E-state index in [1.807, 2.05) is 23.1 Å². The lowest BCUT2D eigenvalue weighted by molar-refractivity contribution is -0.147. The van der Waals surface area contributed by atoms with Crippen LogP contribution in [0.15, 0.2) is 42.5 Å². The number of halogens is 2. The number of ether oxygens (including phenoxy) is 2. The van der Waals surface area contributed by atoms with Crippen LogP contribution in [0.5, 0.6) is 0 Å². The van der Waals surface area contributed by atoms with Crippen LogP contribution in [0.3, 0.4) is 0 Å². The number of nitrogens with zero attached hydrogens (tertiary/aromatic N) is 4. The first kappa shape index (κ1) is 25.0. The molecule has 0 N–H and O–H groups in total. The first-order valence-electron chi connectivity index (χ1n) is 11.1. The number of benzene rings is 2. The van der Waals surface area contributed by atoms with Crippen molar-refractivity contribution in [2.24, 2.45) is 0 Å². The summed E-state index contributed by atoms with van der Waals surface area (Å²) < 4.78 is 10.5. The van der Waals surface area contributed by atoms with Crippen LogP contribution in [0.2, 0.25) is 10.0 Å². The van der Waals surface area contributed by atoms with Gasteiger partial charge in [-0.3, -0.25) is 4.90 Å². The van der Waals surface area contributed by atoms with Gasteiger partial charge in [0.15, 0.2) is 6.04 Å². The molecule has 4 rings (SSSR count). The van der Waals surface area contributed by atoms with Crippen molar-refractivity contribution in [3.63, 3.8) is 0 Å². The number of methoxy groups -OCH3 is 1. The predicted octanol–water partition coefficient (Wildman–Crippen LogP) is 5.20. The predicted molar refractivity (Wildman–Crippen MR) is 136 cm³/mol. The highest BCUT2D eigenvalue weighted by molar-refractivity contribution is 6.31. The summed E-state index contributed by atoms with van der Waals surface area (Å²) >= 11 is 12.3. The molecule has 1 amide bonds. The fourth-order valence-corrected chi connectivity index (χ4v) is 4.19. The fraction of sp³-hybridized carbons (Fsp3) is 0.360. The number of carbonyl (C=O) groups excluding carboxylic acids is 2. The van der Waals surface area contributed by atoms with Crippen molar-refractivity contribution < 1.29 is 19.1 Å². The minimum Gasteiger partial charge on any atom is -0.467 e. The van der Waals surface area contributed by atoms with Gasteiger partial charge in [0, 0.05) is 34.1 Å². The molecule has 0 unspecified atom stereocenters. The van der Waals surface area contributed by atoms with E-state index in [-0.39, 0.29) is 13.1 Å². The summed E-state index contributed by atoms with van der Waals surface area (Å²) in [6.45, 7) is 6.13. The molecule has 10 heteroatoms. The molecule has 8 nitrogen and oxygen atoms in total. The first-order valence-corrected chi connectivity index (χ1v) is 11.9. The van der Waals surface area contributed by atoms with Crippen molar-refractivity contribution in [2.45, 2.75) is 32.4 Å². The summed E-state index contributed by atoms with van der Waals surface area (Å²) in [4.78, 5) is 38.3. The molecular weight excluding hydrogens is 491 g/mol. The van der Waals surface area contributed by atoms with Gasteiger partial charge in [0.2, 0.25) is 5.95 Å².